The molecule has 2 saturated carbocycles. The van der Waals surface area contributed by atoms with E-state index in [2.05, 4.69) is 0 Å². The van der Waals surface area contributed by atoms with Gasteiger partial charge in [-0.25, -0.2) is 0 Å². The van der Waals surface area contributed by atoms with Gasteiger partial charge in [0.15, 0.2) is 0 Å². The Labute approximate surface area is 107 Å². The summed E-state index contributed by atoms with van der Waals surface area (Å²) in [6.45, 7) is -0.00826. The number of carbonyl (C=O) groups excluding carboxylic acids is 1. The molecule has 2 fully saturated rings. The van der Waals surface area contributed by atoms with Crippen LogP contribution in [0.1, 0.15) is 25.7 Å². The summed E-state index contributed by atoms with van der Waals surface area (Å²) in [6, 6.07) is 0. The highest BCUT2D eigenvalue weighted by molar-refractivity contribution is 5.84. The van der Waals surface area contributed by atoms with Crippen molar-refractivity contribution in [2.45, 2.75) is 37.8 Å². The van der Waals surface area contributed by atoms with E-state index in [1.165, 1.54) is 0 Å². The molecule has 0 radical (unpaired) electrons. The number of rotatable bonds is 3. The van der Waals surface area contributed by atoms with Crippen LogP contribution in [0.25, 0.3) is 0 Å². The maximum absolute atomic E-state index is 12.9. The minimum atomic E-state index is -5.83. The lowest BCUT2D eigenvalue weighted by Crippen LogP contribution is -2.52. The van der Waals surface area contributed by atoms with Gasteiger partial charge in [-0.05, 0) is 37.0 Å². The van der Waals surface area contributed by atoms with Crippen molar-refractivity contribution in [2.24, 2.45) is 17.8 Å². The molecule has 1 amide bonds. The van der Waals surface area contributed by atoms with Crippen LogP contribution in [0.15, 0.2) is 0 Å². The molecular weight excluding hydrogens is 269 g/mol. The lowest BCUT2D eigenvalue weighted by Gasteiger charge is -2.30. The van der Waals surface area contributed by atoms with E-state index >= 15 is 0 Å². The molecule has 0 spiro atoms. The summed E-state index contributed by atoms with van der Waals surface area (Å²) in [4.78, 5) is 11.8. The van der Waals surface area contributed by atoms with Gasteiger partial charge in [0.1, 0.15) is 0 Å². The summed E-state index contributed by atoms with van der Waals surface area (Å²) in [7, 11) is 1.02. The fourth-order valence-electron chi connectivity index (χ4n) is 3.40. The van der Waals surface area contributed by atoms with Crippen LogP contribution in [0.2, 0.25) is 0 Å². The highest BCUT2D eigenvalue weighted by Crippen LogP contribution is 2.48. The number of hydrogen-bond acceptors (Lipinski definition) is 1. The molecule has 2 aliphatic carbocycles. The molecule has 0 saturated heterocycles. The quantitative estimate of drug-likeness (QED) is 0.730. The first-order valence-electron chi connectivity index (χ1n) is 6.33. The van der Waals surface area contributed by atoms with Gasteiger partial charge >= 0.3 is 18.0 Å². The number of hydrogen-bond donors (Lipinski definition) is 0. The number of nitrogens with zero attached hydrogens (tertiary/aromatic N) is 1. The Hall–Kier alpha value is -0.880. The molecule has 0 aliphatic heterocycles. The maximum atomic E-state index is 12.9. The normalized spacial score (nSPS) is 30.7. The molecule has 0 aromatic rings. The Morgan fingerprint density at radius 3 is 2.21 bits per heavy atom. The molecule has 0 aromatic heterocycles. The van der Waals surface area contributed by atoms with Gasteiger partial charge in [0.25, 0.3) is 0 Å². The first kappa shape index (κ1) is 14.5. The molecule has 2 aliphatic rings. The van der Waals surface area contributed by atoms with E-state index in [4.69, 9.17) is 0 Å². The SMILES string of the molecule is CN(CC1CC2CCC1C2)C(=O)C(F)(F)C(F)(F)F. The fourth-order valence-corrected chi connectivity index (χ4v) is 3.40. The molecule has 110 valence electrons. The van der Waals surface area contributed by atoms with Crippen LogP contribution in [0.5, 0.6) is 0 Å². The monoisotopic (exact) mass is 285 g/mol. The van der Waals surface area contributed by atoms with Gasteiger partial charge in [-0.3, -0.25) is 4.79 Å². The summed E-state index contributed by atoms with van der Waals surface area (Å²) < 4.78 is 62.2. The topological polar surface area (TPSA) is 20.3 Å². The molecule has 0 heterocycles. The van der Waals surface area contributed by atoms with Crippen LogP contribution >= 0.6 is 0 Å². The van der Waals surface area contributed by atoms with Crippen molar-refractivity contribution in [3.8, 4) is 0 Å². The lowest BCUT2D eigenvalue weighted by molar-refractivity contribution is -0.274. The van der Waals surface area contributed by atoms with E-state index in [0.29, 0.717) is 16.7 Å². The Morgan fingerprint density at radius 1 is 1.16 bits per heavy atom. The second kappa shape index (κ2) is 4.59. The Balaban J connectivity index is 1.96. The van der Waals surface area contributed by atoms with Crippen LogP contribution in [-0.4, -0.2) is 36.5 Å². The highest BCUT2D eigenvalue weighted by atomic mass is 19.4. The largest absolute Gasteiger partial charge is 0.463 e. The predicted octanol–water partition coefficient (Wildman–Crippen LogP) is 3.08. The molecule has 3 atom stereocenters. The molecular formula is C12H16F5NO. The molecule has 0 aromatic carbocycles. The van der Waals surface area contributed by atoms with Crippen molar-refractivity contribution < 1.29 is 26.7 Å². The Kier molecular flexibility index (Phi) is 3.51. The maximum Gasteiger partial charge on any atom is 0.463 e. The second-order valence-electron chi connectivity index (χ2n) is 5.69. The molecule has 7 heteroatoms. The zero-order valence-corrected chi connectivity index (χ0v) is 10.5. The molecule has 2 nitrogen and oxygen atoms in total. The van der Waals surface area contributed by atoms with Crippen LogP contribution in [-0.2, 0) is 4.79 Å². The molecule has 19 heavy (non-hydrogen) atoms. The van der Waals surface area contributed by atoms with Crippen molar-refractivity contribution in [1.82, 2.24) is 4.90 Å². The van der Waals surface area contributed by atoms with Crippen molar-refractivity contribution in [3.05, 3.63) is 0 Å². The van der Waals surface area contributed by atoms with Crippen LogP contribution in [0.3, 0.4) is 0 Å². The van der Waals surface area contributed by atoms with Crippen LogP contribution in [0.4, 0.5) is 22.0 Å². The Morgan fingerprint density at radius 2 is 1.79 bits per heavy atom. The van der Waals surface area contributed by atoms with Gasteiger partial charge in [0.05, 0.1) is 0 Å². The standard InChI is InChI=1S/C12H16F5NO/c1-18(10(19)11(13,14)12(15,16)17)6-9-5-7-2-3-8(9)4-7/h7-9H,2-6H2,1H3. The number of halogens is 5. The first-order valence-corrected chi connectivity index (χ1v) is 6.33. The minimum absolute atomic E-state index is 0.00826. The van der Waals surface area contributed by atoms with Gasteiger partial charge in [-0.2, -0.15) is 22.0 Å². The number of fused-ring (bicyclic) bond motifs is 2. The van der Waals surface area contributed by atoms with Crippen molar-refractivity contribution in [1.29, 1.82) is 0 Å². The smallest absolute Gasteiger partial charge is 0.340 e. The molecule has 0 N–H and O–H groups in total. The van der Waals surface area contributed by atoms with Crippen molar-refractivity contribution >= 4 is 5.91 Å². The lowest BCUT2D eigenvalue weighted by atomic mass is 9.88. The van der Waals surface area contributed by atoms with E-state index < -0.39 is 18.0 Å². The van der Waals surface area contributed by atoms with Crippen molar-refractivity contribution in [2.75, 3.05) is 13.6 Å². The van der Waals surface area contributed by atoms with Gasteiger partial charge in [0.2, 0.25) is 0 Å². The number of amides is 1. The van der Waals surface area contributed by atoms with Crippen LogP contribution in [0, 0.1) is 17.8 Å². The fraction of sp³-hybridized carbons (Fsp3) is 0.917. The van der Waals surface area contributed by atoms with Gasteiger partial charge in [-0.15, -0.1) is 0 Å². The highest BCUT2D eigenvalue weighted by Gasteiger charge is 2.64. The first-order chi connectivity index (χ1) is 8.63. The summed E-state index contributed by atoms with van der Waals surface area (Å²) in [6.07, 6.45) is -1.88. The number of alkyl halides is 5. The predicted molar refractivity (Wildman–Crippen MR) is 57.6 cm³/mol. The summed E-state index contributed by atoms with van der Waals surface area (Å²) in [5, 5.41) is 0. The minimum Gasteiger partial charge on any atom is -0.340 e. The summed E-state index contributed by atoms with van der Waals surface area (Å²) >= 11 is 0. The third kappa shape index (κ3) is 2.56. The van der Waals surface area contributed by atoms with Gasteiger partial charge < -0.3 is 4.90 Å². The van der Waals surface area contributed by atoms with E-state index in [1.54, 1.807) is 0 Å². The summed E-state index contributed by atoms with van der Waals surface area (Å²) in [5.74, 6) is -6.44. The Bertz CT molecular complexity index is 368. The number of carbonyl (C=O) groups is 1. The van der Waals surface area contributed by atoms with E-state index in [0.717, 1.165) is 32.7 Å². The third-order valence-electron chi connectivity index (χ3n) is 4.36. The van der Waals surface area contributed by atoms with E-state index in [9.17, 15) is 26.7 Å². The zero-order chi connectivity index (χ0) is 14.4. The van der Waals surface area contributed by atoms with Crippen molar-refractivity contribution in [3.63, 3.8) is 0 Å². The molecule has 2 bridgehead atoms. The van der Waals surface area contributed by atoms with Crippen LogP contribution < -0.4 is 0 Å². The zero-order valence-electron chi connectivity index (χ0n) is 10.5. The average molecular weight is 285 g/mol. The van der Waals surface area contributed by atoms with Gasteiger partial charge in [0, 0.05) is 13.6 Å². The van der Waals surface area contributed by atoms with E-state index in [1.807, 2.05) is 0 Å². The average Bonchev–Trinajstić information content (AvgIpc) is 2.88. The summed E-state index contributed by atoms with van der Waals surface area (Å²) in [5.41, 5.74) is 0. The third-order valence-corrected chi connectivity index (χ3v) is 4.36. The molecule has 3 unspecified atom stereocenters. The van der Waals surface area contributed by atoms with Gasteiger partial charge in [-0.1, -0.05) is 6.42 Å². The second-order valence-corrected chi connectivity index (χ2v) is 5.69. The molecule has 2 rings (SSSR count). The van der Waals surface area contributed by atoms with E-state index in [-0.39, 0.29) is 12.5 Å².